The van der Waals surface area contributed by atoms with E-state index in [2.05, 4.69) is 16.4 Å². The predicted molar refractivity (Wildman–Crippen MR) is 91.0 cm³/mol. The Balaban J connectivity index is 1.63. The van der Waals surface area contributed by atoms with Gasteiger partial charge in [-0.1, -0.05) is 6.07 Å². The topological polar surface area (TPSA) is 39.1 Å². The maximum atomic E-state index is 12.8. The summed E-state index contributed by atoms with van der Waals surface area (Å²) in [5.41, 5.74) is 0.320. The zero-order chi connectivity index (χ0) is 18.0. The molecule has 1 aromatic carbocycles. The maximum absolute atomic E-state index is 12.8. The van der Waals surface area contributed by atoms with Crippen LogP contribution < -0.4 is 10.1 Å². The lowest BCUT2D eigenvalue weighted by atomic mass is 10.1. The lowest BCUT2D eigenvalue weighted by molar-refractivity contribution is -0.141. The number of rotatable bonds is 5. The molecule has 136 valence electrons. The van der Waals surface area contributed by atoms with Gasteiger partial charge in [0.1, 0.15) is 11.6 Å². The monoisotopic (exact) mass is 371 g/mol. The van der Waals surface area contributed by atoms with Gasteiger partial charge in [0.05, 0.1) is 7.11 Å². The van der Waals surface area contributed by atoms with Crippen LogP contribution in [0.15, 0.2) is 29.3 Å². The van der Waals surface area contributed by atoms with Crippen molar-refractivity contribution in [3.05, 3.63) is 41.5 Å². The molecule has 0 aliphatic carbocycles. The molecule has 25 heavy (non-hydrogen) atoms. The molecule has 8 heteroatoms. The van der Waals surface area contributed by atoms with E-state index in [-0.39, 0.29) is 6.04 Å². The molecule has 0 fully saturated rings. The number of methoxy groups -OCH3 is 1. The smallest absolute Gasteiger partial charge is 0.434 e. The number of nitrogens with zero attached hydrogens (tertiary/aromatic N) is 2. The lowest BCUT2D eigenvalue weighted by Crippen LogP contribution is -2.36. The highest BCUT2D eigenvalue weighted by atomic mass is 32.2. The fourth-order valence-electron chi connectivity index (χ4n) is 3.00. The number of fused-ring (bicyclic) bond motifs is 1. The summed E-state index contributed by atoms with van der Waals surface area (Å²) in [5.74, 6) is 1.36. The second-order valence-electron chi connectivity index (χ2n) is 6.00. The number of imidazole rings is 1. The predicted octanol–water partition coefficient (Wildman–Crippen LogP) is 3.74. The highest BCUT2D eigenvalue weighted by molar-refractivity contribution is 7.98. The van der Waals surface area contributed by atoms with Crippen LogP contribution in [0.1, 0.15) is 23.5 Å². The maximum Gasteiger partial charge on any atom is 0.434 e. The summed E-state index contributed by atoms with van der Waals surface area (Å²) in [6.45, 7) is 1.17. The van der Waals surface area contributed by atoms with E-state index in [9.17, 15) is 13.2 Å². The fourth-order valence-corrected chi connectivity index (χ4v) is 3.62. The third-order valence-electron chi connectivity index (χ3n) is 4.33. The molecule has 0 amide bonds. The van der Waals surface area contributed by atoms with Crippen molar-refractivity contribution in [1.82, 2.24) is 14.9 Å². The summed E-state index contributed by atoms with van der Waals surface area (Å²) in [5, 5.41) is 3.44. The lowest BCUT2D eigenvalue weighted by Gasteiger charge is -2.25. The van der Waals surface area contributed by atoms with Crippen molar-refractivity contribution < 1.29 is 17.9 Å². The van der Waals surface area contributed by atoms with Crippen LogP contribution in [0.5, 0.6) is 5.75 Å². The van der Waals surface area contributed by atoms with Crippen LogP contribution >= 0.6 is 11.8 Å². The number of ether oxygens (including phenoxy) is 1. The average Bonchev–Trinajstić information content (AvgIpc) is 3.03. The van der Waals surface area contributed by atoms with Crippen LogP contribution in [0.3, 0.4) is 0 Å². The second kappa shape index (κ2) is 7.29. The number of hydrogen-bond donors (Lipinski definition) is 1. The summed E-state index contributed by atoms with van der Waals surface area (Å²) in [4.78, 5) is 4.78. The largest absolute Gasteiger partial charge is 0.496 e. The summed E-state index contributed by atoms with van der Waals surface area (Å²) in [6.07, 6.45) is 0.0498. The van der Waals surface area contributed by atoms with Crippen LogP contribution in [0, 0.1) is 0 Å². The number of nitrogens with one attached hydrogen (secondary N) is 1. The Morgan fingerprint density at radius 1 is 1.40 bits per heavy atom. The minimum absolute atomic E-state index is 0.127. The van der Waals surface area contributed by atoms with Gasteiger partial charge >= 0.3 is 6.18 Å². The number of benzene rings is 1. The number of alkyl halides is 3. The Labute approximate surface area is 148 Å². The molecular formula is C17H20F3N3OS. The van der Waals surface area contributed by atoms with Gasteiger partial charge in [-0.2, -0.15) is 13.2 Å². The first-order valence-corrected chi connectivity index (χ1v) is 9.20. The van der Waals surface area contributed by atoms with E-state index in [1.807, 2.05) is 18.4 Å². The molecule has 1 aliphatic rings. The fraction of sp³-hybridized carbons (Fsp3) is 0.471. The second-order valence-corrected chi connectivity index (χ2v) is 6.85. The van der Waals surface area contributed by atoms with Gasteiger partial charge in [0.15, 0.2) is 5.69 Å². The van der Waals surface area contributed by atoms with Crippen molar-refractivity contribution in [2.45, 2.75) is 43.0 Å². The van der Waals surface area contributed by atoms with Crippen LogP contribution in [0.2, 0.25) is 0 Å². The first kappa shape index (κ1) is 18.1. The van der Waals surface area contributed by atoms with Crippen molar-refractivity contribution in [3.63, 3.8) is 0 Å². The zero-order valence-corrected chi connectivity index (χ0v) is 14.9. The average molecular weight is 371 g/mol. The summed E-state index contributed by atoms with van der Waals surface area (Å²) < 4.78 is 45.2. The molecule has 0 bridgehead atoms. The first-order chi connectivity index (χ1) is 11.9. The van der Waals surface area contributed by atoms with Gasteiger partial charge in [-0.3, -0.25) is 0 Å². The molecule has 0 saturated heterocycles. The van der Waals surface area contributed by atoms with E-state index < -0.39 is 11.9 Å². The Hall–Kier alpha value is -1.67. The highest BCUT2D eigenvalue weighted by Crippen LogP contribution is 2.30. The summed E-state index contributed by atoms with van der Waals surface area (Å²) in [6, 6.07) is 6.14. The number of aromatic nitrogens is 2. The summed E-state index contributed by atoms with van der Waals surface area (Å²) in [7, 11) is 1.65. The van der Waals surface area contributed by atoms with Gasteiger partial charge in [-0.15, -0.1) is 11.8 Å². The normalized spacial score (nSPS) is 17.4. The third kappa shape index (κ3) is 4.12. The van der Waals surface area contributed by atoms with Crippen LogP contribution in [0.4, 0.5) is 13.2 Å². The molecule has 1 aliphatic heterocycles. The van der Waals surface area contributed by atoms with E-state index in [4.69, 9.17) is 4.74 Å². The Kier molecular flexibility index (Phi) is 5.29. The summed E-state index contributed by atoms with van der Waals surface area (Å²) >= 11 is 1.62. The molecule has 0 saturated carbocycles. The van der Waals surface area contributed by atoms with Crippen molar-refractivity contribution >= 4 is 11.8 Å². The van der Waals surface area contributed by atoms with Gasteiger partial charge in [-0.05, 0) is 30.4 Å². The zero-order valence-electron chi connectivity index (χ0n) is 14.1. The molecule has 1 atom stereocenters. The molecular weight excluding hydrogens is 351 g/mol. The van der Waals surface area contributed by atoms with Crippen LogP contribution in [-0.4, -0.2) is 29.0 Å². The molecule has 1 N–H and O–H groups in total. The van der Waals surface area contributed by atoms with Gasteiger partial charge in [0.2, 0.25) is 0 Å². The molecule has 0 radical (unpaired) electrons. The standard InChI is InChI=1S/C17H20F3N3OS/c1-24-13-5-3-11(7-14(13)25-2)8-21-12-4-6-16-22-15(17(18,19)20)10-23(16)9-12/h3,5,7,10,12,21H,4,6,8-9H2,1-2H3. The number of aryl methyl sites for hydroxylation is 1. The number of halogens is 3. The quantitative estimate of drug-likeness (QED) is 0.813. The molecule has 1 aromatic heterocycles. The SMILES string of the molecule is COc1ccc(CNC2CCc3nc(C(F)(F)F)cn3C2)cc1SC. The van der Waals surface area contributed by atoms with Gasteiger partial charge in [0, 0.05) is 36.6 Å². The van der Waals surface area contributed by atoms with E-state index in [0.29, 0.717) is 25.3 Å². The minimum atomic E-state index is -4.38. The number of hydrogen-bond acceptors (Lipinski definition) is 4. The molecule has 1 unspecified atom stereocenters. The van der Waals surface area contributed by atoms with Crippen LogP contribution in [0.25, 0.3) is 0 Å². The Morgan fingerprint density at radius 2 is 2.20 bits per heavy atom. The first-order valence-electron chi connectivity index (χ1n) is 7.98. The van der Waals surface area contributed by atoms with E-state index in [1.54, 1.807) is 23.4 Å². The van der Waals surface area contributed by atoms with E-state index in [0.717, 1.165) is 28.8 Å². The van der Waals surface area contributed by atoms with E-state index >= 15 is 0 Å². The highest BCUT2D eigenvalue weighted by Gasteiger charge is 2.35. The molecule has 3 rings (SSSR count). The molecule has 4 nitrogen and oxygen atoms in total. The van der Waals surface area contributed by atoms with Crippen molar-refractivity contribution in [2.75, 3.05) is 13.4 Å². The van der Waals surface area contributed by atoms with Gasteiger partial charge in [-0.25, -0.2) is 4.98 Å². The molecule has 2 heterocycles. The van der Waals surface area contributed by atoms with Gasteiger partial charge in [0.25, 0.3) is 0 Å². The Bertz CT molecular complexity index is 745. The Morgan fingerprint density at radius 3 is 2.88 bits per heavy atom. The van der Waals surface area contributed by atoms with Crippen molar-refractivity contribution in [1.29, 1.82) is 0 Å². The van der Waals surface area contributed by atoms with Crippen LogP contribution in [-0.2, 0) is 25.7 Å². The third-order valence-corrected chi connectivity index (χ3v) is 5.08. The number of thioether (sulfide) groups is 1. The van der Waals surface area contributed by atoms with Gasteiger partial charge < -0.3 is 14.6 Å². The van der Waals surface area contributed by atoms with Crippen molar-refractivity contribution in [3.8, 4) is 5.75 Å². The van der Waals surface area contributed by atoms with Crippen molar-refractivity contribution in [2.24, 2.45) is 0 Å². The molecule has 0 spiro atoms. The molecule has 2 aromatic rings. The van der Waals surface area contributed by atoms with E-state index in [1.165, 1.54) is 0 Å². The minimum Gasteiger partial charge on any atom is -0.496 e.